The van der Waals surface area contributed by atoms with Gasteiger partial charge in [-0.15, -0.1) is 0 Å². The number of benzene rings is 1. The second kappa shape index (κ2) is 9.43. The zero-order valence-corrected chi connectivity index (χ0v) is 14.0. The molecule has 1 amide bonds. The SMILES string of the molecule is CCN(CC)C(=O)c1ccc(OCC(O)CNC(C)C)cc1. The van der Waals surface area contributed by atoms with Crippen LogP contribution in [-0.2, 0) is 0 Å². The Balaban J connectivity index is 2.49. The number of nitrogens with zero attached hydrogens (tertiary/aromatic N) is 1. The Morgan fingerprint density at radius 3 is 2.32 bits per heavy atom. The lowest BCUT2D eigenvalue weighted by Crippen LogP contribution is -2.35. The maximum absolute atomic E-state index is 12.2. The molecule has 0 aromatic heterocycles. The van der Waals surface area contributed by atoms with Crippen molar-refractivity contribution >= 4 is 5.91 Å². The molecule has 0 saturated carbocycles. The van der Waals surface area contributed by atoms with Gasteiger partial charge in [-0.25, -0.2) is 0 Å². The molecule has 1 atom stereocenters. The Bertz CT molecular complexity index is 442. The average molecular weight is 308 g/mol. The maximum atomic E-state index is 12.2. The molecule has 0 bridgehead atoms. The van der Waals surface area contributed by atoms with Crippen LogP contribution in [0.15, 0.2) is 24.3 Å². The van der Waals surface area contributed by atoms with Gasteiger partial charge in [0.05, 0.1) is 0 Å². The van der Waals surface area contributed by atoms with E-state index in [0.29, 0.717) is 37.0 Å². The number of rotatable bonds is 9. The highest BCUT2D eigenvalue weighted by Crippen LogP contribution is 2.14. The van der Waals surface area contributed by atoms with Crippen molar-refractivity contribution in [3.05, 3.63) is 29.8 Å². The predicted molar refractivity (Wildman–Crippen MR) is 88.3 cm³/mol. The van der Waals surface area contributed by atoms with Crippen LogP contribution in [0.4, 0.5) is 0 Å². The molecule has 0 spiro atoms. The summed E-state index contributed by atoms with van der Waals surface area (Å²) < 4.78 is 5.53. The van der Waals surface area contributed by atoms with E-state index in [-0.39, 0.29) is 12.5 Å². The van der Waals surface area contributed by atoms with Crippen molar-refractivity contribution in [1.82, 2.24) is 10.2 Å². The minimum Gasteiger partial charge on any atom is -0.491 e. The molecule has 124 valence electrons. The van der Waals surface area contributed by atoms with Gasteiger partial charge in [0.2, 0.25) is 0 Å². The van der Waals surface area contributed by atoms with Gasteiger partial charge in [-0.2, -0.15) is 0 Å². The van der Waals surface area contributed by atoms with E-state index in [9.17, 15) is 9.90 Å². The van der Waals surface area contributed by atoms with Crippen LogP contribution >= 0.6 is 0 Å². The highest BCUT2D eigenvalue weighted by Gasteiger charge is 2.12. The van der Waals surface area contributed by atoms with Crippen molar-refractivity contribution in [2.45, 2.75) is 39.8 Å². The summed E-state index contributed by atoms with van der Waals surface area (Å²) in [4.78, 5) is 13.9. The topological polar surface area (TPSA) is 61.8 Å². The van der Waals surface area contributed by atoms with E-state index in [4.69, 9.17) is 4.74 Å². The first-order chi connectivity index (χ1) is 10.5. The van der Waals surface area contributed by atoms with Crippen LogP contribution in [0.5, 0.6) is 5.75 Å². The average Bonchev–Trinajstić information content (AvgIpc) is 2.52. The molecule has 0 aliphatic rings. The summed E-state index contributed by atoms with van der Waals surface area (Å²) in [6.07, 6.45) is -0.556. The van der Waals surface area contributed by atoms with E-state index in [1.807, 2.05) is 27.7 Å². The molecule has 0 heterocycles. The van der Waals surface area contributed by atoms with Crippen LogP contribution in [-0.4, -0.2) is 54.3 Å². The van der Waals surface area contributed by atoms with Gasteiger partial charge in [0.25, 0.3) is 5.91 Å². The summed E-state index contributed by atoms with van der Waals surface area (Å²) in [5, 5.41) is 12.9. The molecule has 0 radical (unpaired) electrons. The van der Waals surface area contributed by atoms with E-state index < -0.39 is 6.10 Å². The molecule has 2 N–H and O–H groups in total. The minimum absolute atomic E-state index is 0.0257. The summed E-state index contributed by atoms with van der Waals surface area (Å²) in [5.74, 6) is 0.678. The molecule has 1 aromatic rings. The molecule has 0 aliphatic heterocycles. The van der Waals surface area contributed by atoms with Crippen molar-refractivity contribution in [3.63, 3.8) is 0 Å². The first-order valence-electron chi connectivity index (χ1n) is 7.91. The van der Waals surface area contributed by atoms with Crippen LogP contribution < -0.4 is 10.1 Å². The quantitative estimate of drug-likeness (QED) is 0.731. The first-order valence-corrected chi connectivity index (χ1v) is 7.91. The summed E-state index contributed by atoms with van der Waals surface area (Å²) in [6.45, 7) is 10.1. The fraction of sp³-hybridized carbons (Fsp3) is 0.588. The molecule has 22 heavy (non-hydrogen) atoms. The molecule has 1 aromatic carbocycles. The van der Waals surface area contributed by atoms with E-state index >= 15 is 0 Å². The van der Waals surface area contributed by atoms with Crippen molar-refractivity contribution in [1.29, 1.82) is 0 Å². The Kier molecular flexibility index (Phi) is 7.91. The molecule has 1 unspecified atom stereocenters. The van der Waals surface area contributed by atoms with Crippen LogP contribution in [0.3, 0.4) is 0 Å². The number of ether oxygens (including phenoxy) is 1. The predicted octanol–water partition coefficient (Wildman–Crippen LogP) is 1.91. The van der Waals surface area contributed by atoms with E-state index in [1.54, 1.807) is 29.2 Å². The molecule has 0 saturated heterocycles. The molecule has 0 aliphatic carbocycles. The lowest BCUT2D eigenvalue weighted by molar-refractivity contribution is 0.0772. The summed E-state index contributed by atoms with van der Waals surface area (Å²) >= 11 is 0. The highest BCUT2D eigenvalue weighted by molar-refractivity contribution is 5.94. The number of nitrogens with one attached hydrogen (secondary N) is 1. The summed E-state index contributed by atoms with van der Waals surface area (Å²) in [5.41, 5.74) is 0.651. The van der Waals surface area contributed by atoms with Crippen LogP contribution in [0, 0.1) is 0 Å². The maximum Gasteiger partial charge on any atom is 0.253 e. The number of hydrogen-bond donors (Lipinski definition) is 2. The minimum atomic E-state index is -0.556. The van der Waals surface area contributed by atoms with Gasteiger partial charge in [0, 0.05) is 31.2 Å². The molecule has 5 heteroatoms. The first kappa shape index (κ1) is 18.5. The van der Waals surface area contributed by atoms with Crippen LogP contribution in [0.1, 0.15) is 38.1 Å². The zero-order chi connectivity index (χ0) is 16.5. The van der Waals surface area contributed by atoms with Crippen LogP contribution in [0.25, 0.3) is 0 Å². The van der Waals surface area contributed by atoms with Gasteiger partial charge in [0.1, 0.15) is 18.5 Å². The van der Waals surface area contributed by atoms with Gasteiger partial charge in [-0.3, -0.25) is 4.79 Å². The van der Waals surface area contributed by atoms with Gasteiger partial charge < -0.3 is 20.1 Å². The van der Waals surface area contributed by atoms with Crippen molar-refractivity contribution < 1.29 is 14.6 Å². The van der Waals surface area contributed by atoms with E-state index in [2.05, 4.69) is 5.32 Å². The fourth-order valence-electron chi connectivity index (χ4n) is 2.01. The zero-order valence-electron chi connectivity index (χ0n) is 14.0. The molecule has 5 nitrogen and oxygen atoms in total. The monoisotopic (exact) mass is 308 g/mol. The summed E-state index contributed by atoms with van der Waals surface area (Å²) in [7, 11) is 0. The van der Waals surface area contributed by atoms with E-state index in [1.165, 1.54) is 0 Å². The molecule has 0 fully saturated rings. The second-order valence-electron chi connectivity index (χ2n) is 5.53. The number of aliphatic hydroxyl groups is 1. The molecular formula is C17H28N2O3. The van der Waals surface area contributed by atoms with Gasteiger partial charge >= 0.3 is 0 Å². The third-order valence-corrected chi connectivity index (χ3v) is 3.36. The number of carbonyl (C=O) groups excluding carboxylic acids is 1. The number of amides is 1. The largest absolute Gasteiger partial charge is 0.491 e. The number of aliphatic hydroxyl groups excluding tert-OH is 1. The van der Waals surface area contributed by atoms with Crippen molar-refractivity contribution in [2.24, 2.45) is 0 Å². The number of carbonyl (C=O) groups is 1. The Morgan fingerprint density at radius 1 is 1.23 bits per heavy atom. The fourth-order valence-corrected chi connectivity index (χ4v) is 2.01. The lowest BCUT2D eigenvalue weighted by atomic mass is 10.2. The van der Waals surface area contributed by atoms with Crippen LogP contribution in [0.2, 0.25) is 0 Å². The third-order valence-electron chi connectivity index (χ3n) is 3.36. The number of hydrogen-bond acceptors (Lipinski definition) is 4. The van der Waals surface area contributed by atoms with Crippen molar-refractivity contribution in [2.75, 3.05) is 26.2 Å². The molecular weight excluding hydrogens is 280 g/mol. The van der Waals surface area contributed by atoms with Gasteiger partial charge in [-0.1, -0.05) is 13.8 Å². The Hall–Kier alpha value is -1.59. The highest BCUT2D eigenvalue weighted by atomic mass is 16.5. The molecule has 1 rings (SSSR count). The van der Waals surface area contributed by atoms with Crippen molar-refractivity contribution in [3.8, 4) is 5.75 Å². The van der Waals surface area contributed by atoms with Gasteiger partial charge in [-0.05, 0) is 38.1 Å². The standard InChI is InChI=1S/C17H28N2O3/c1-5-19(6-2)17(21)14-7-9-16(10-8-14)22-12-15(20)11-18-13(3)4/h7-10,13,15,18,20H,5-6,11-12H2,1-4H3. The lowest BCUT2D eigenvalue weighted by Gasteiger charge is -2.19. The van der Waals surface area contributed by atoms with Gasteiger partial charge in [0.15, 0.2) is 0 Å². The van der Waals surface area contributed by atoms with E-state index in [0.717, 1.165) is 0 Å². The smallest absolute Gasteiger partial charge is 0.253 e. The normalized spacial score (nSPS) is 12.3. The summed E-state index contributed by atoms with van der Waals surface area (Å²) in [6, 6.07) is 7.38. The Labute approximate surface area is 133 Å². The second-order valence-corrected chi connectivity index (χ2v) is 5.53. The Morgan fingerprint density at radius 2 is 1.82 bits per heavy atom. The third kappa shape index (κ3) is 6.03.